The minimum atomic E-state index is -4.62. The van der Waals surface area contributed by atoms with Crippen molar-refractivity contribution >= 4 is 21.6 Å². The van der Waals surface area contributed by atoms with Gasteiger partial charge >= 0.3 is 6.18 Å². The first kappa shape index (κ1) is 20.4. The minimum Gasteiger partial charge on any atom is -0.324 e. The van der Waals surface area contributed by atoms with E-state index in [-0.39, 0.29) is 6.54 Å². The Balaban J connectivity index is 2.88. The van der Waals surface area contributed by atoms with E-state index in [1.165, 1.54) is 12.1 Å². The molecule has 0 atom stereocenters. The molecule has 1 N–H and O–H groups in total. The van der Waals surface area contributed by atoms with Crippen molar-refractivity contribution in [3.63, 3.8) is 0 Å². The lowest BCUT2D eigenvalue weighted by Crippen LogP contribution is -2.41. The van der Waals surface area contributed by atoms with Crippen molar-refractivity contribution in [3.05, 3.63) is 29.8 Å². The predicted octanol–water partition coefficient (Wildman–Crippen LogP) is 1.47. The molecule has 0 saturated heterocycles. The summed E-state index contributed by atoms with van der Waals surface area (Å²) in [5.41, 5.74) is -1.39. The zero-order valence-corrected chi connectivity index (χ0v) is 14.4. The molecule has 0 heterocycles. The Bertz CT molecular complexity index is 675. The molecule has 10 heteroatoms. The van der Waals surface area contributed by atoms with Crippen LogP contribution in [0.15, 0.2) is 24.3 Å². The quantitative estimate of drug-likeness (QED) is 0.792. The topological polar surface area (TPSA) is 69.7 Å². The molecule has 0 aromatic heterocycles. The van der Waals surface area contributed by atoms with Crippen molar-refractivity contribution in [1.29, 1.82) is 0 Å². The van der Waals surface area contributed by atoms with Crippen LogP contribution in [0, 0.1) is 0 Å². The molecule has 0 saturated carbocycles. The fraction of sp³-hybridized carbons (Fsp3) is 0.500. The zero-order chi connectivity index (χ0) is 18.5. The fourth-order valence-electron chi connectivity index (χ4n) is 1.86. The number of anilines is 1. The van der Waals surface area contributed by atoms with Crippen LogP contribution >= 0.6 is 0 Å². The summed E-state index contributed by atoms with van der Waals surface area (Å²) in [6.07, 6.45) is -3.68. The van der Waals surface area contributed by atoms with E-state index in [0.717, 1.165) is 22.7 Å². The lowest BCUT2D eigenvalue weighted by Gasteiger charge is -2.22. The maximum absolute atomic E-state index is 12.9. The molecular formula is C14H20F3N3O3S. The smallest absolute Gasteiger partial charge is 0.324 e. The van der Waals surface area contributed by atoms with E-state index < -0.39 is 39.9 Å². The molecule has 0 aliphatic heterocycles. The Morgan fingerprint density at radius 3 is 2.25 bits per heavy atom. The van der Waals surface area contributed by atoms with Crippen LogP contribution in [0.1, 0.15) is 5.56 Å². The van der Waals surface area contributed by atoms with E-state index in [1.54, 1.807) is 19.0 Å². The van der Waals surface area contributed by atoms with Crippen molar-refractivity contribution in [2.75, 3.05) is 45.3 Å². The van der Waals surface area contributed by atoms with Crippen LogP contribution in [0.3, 0.4) is 0 Å². The summed E-state index contributed by atoms with van der Waals surface area (Å²) in [7, 11) is -0.190. The Labute approximate surface area is 139 Å². The summed E-state index contributed by atoms with van der Waals surface area (Å²) in [5, 5.41) is 2.13. The number of hydrogen-bond donors (Lipinski definition) is 1. The fourth-order valence-corrected chi connectivity index (χ4v) is 2.63. The van der Waals surface area contributed by atoms with E-state index in [2.05, 4.69) is 5.32 Å². The van der Waals surface area contributed by atoms with Crippen LogP contribution in [0.5, 0.6) is 0 Å². The van der Waals surface area contributed by atoms with Gasteiger partial charge in [0.15, 0.2) is 0 Å². The summed E-state index contributed by atoms with van der Waals surface area (Å²) in [5.74, 6) is -0.837. The second kappa shape index (κ2) is 7.95. The SMILES string of the molecule is CN(C)CCN(CC(=O)Nc1ccccc1C(F)(F)F)S(C)(=O)=O. The molecule has 0 unspecified atom stereocenters. The second-order valence-corrected chi connectivity index (χ2v) is 7.47. The number of hydrogen-bond acceptors (Lipinski definition) is 4. The van der Waals surface area contributed by atoms with Gasteiger partial charge in [-0.3, -0.25) is 4.79 Å². The van der Waals surface area contributed by atoms with Crippen LogP contribution in [-0.4, -0.2) is 63.5 Å². The van der Waals surface area contributed by atoms with E-state index in [1.807, 2.05) is 0 Å². The molecule has 1 aromatic carbocycles. The molecule has 1 rings (SSSR count). The van der Waals surface area contributed by atoms with E-state index in [9.17, 15) is 26.4 Å². The van der Waals surface area contributed by atoms with Crippen LogP contribution in [-0.2, 0) is 21.0 Å². The Kier molecular flexibility index (Phi) is 6.76. The average molecular weight is 367 g/mol. The zero-order valence-electron chi connectivity index (χ0n) is 13.6. The number of nitrogens with zero attached hydrogens (tertiary/aromatic N) is 2. The van der Waals surface area contributed by atoms with Gasteiger partial charge in [-0.15, -0.1) is 0 Å². The molecule has 0 aliphatic rings. The van der Waals surface area contributed by atoms with Crippen molar-refractivity contribution < 1.29 is 26.4 Å². The van der Waals surface area contributed by atoms with E-state index in [0.29, 0.717) is 6.54 Å². The normalized spacial score (nSPS) is 12.7. The number of sulfonamides is 1. The third-order valence-corrected chi connectivity index (χ3v) is 4.34. The lowest BCUT2D eigenvalue weighted by molar-refractivity contribution is -0.137. The first-order chi connectivity index (χ1) is 10.9. The number of amides is 1. The number of alkyl halides is 3. The van der Waals surface area contributed by atoms with Gasteiger partial charge in [0.1, 0.15) is 0 Å². The molecule has 6 nitrogen and oxygen atoms in total. The highest BCUT2D eigenvalue weighted by Gasteiger charge is 2.33. The highest BCUT2D eigenvalue weighted by Crippen LogP contribution is 2.34. The number of halogens is 3. The number of carbonyl (C=O) groups is 1. The number of nitrogens with one attached hydrogen (secondary N) is 1. The molecule has 0 radical (unpaired) electrons. The summed E-state index contributed by atoms with van der Waals surface area (Å²) < 4.78 is 63.0. The molecule has 0 fully saturated rings. The Morgan fingerprint density at radius 2 is 1.75 bits per heavy atom. The van der Waals surface area contributed by atoms with E-state index in [4.69, 9.17) is 0 Å². The lowest BCUT2D eigenvalue weighted by atomic mass is 10.1. The van der Waals surface area contributed by atoms with Gasteiger partial charge in [-0.2, -0.15) is 17.5 Å². The minimum absolute atomic E-state index is 0.0557. The van der Waals surface area contributed by atoms with Crippen LogP contribution < -0.4 is 5.32 Å². The highest BCUT2D eigenvalue weighted by atomic mass is 32.2. The summed E-state index contributed by atoms with van der Waals surface area (Å²) in [4.78, 5) is 13.7. The van der Waals surface area contributed by atoms with Crippen molar-refractivity contribution in [1.82, 2.24) is 9.21 Å². The molecular weight excluding hydrogens is 347 g/mol. The molecule has 136 valence electrons. The van der Waals surface area contributed by atoms with E-state index >= 15 is 0 Å². The highest BCUT2D eigenvalue weighted by molar-refractivity contribution is 7.88. The molecule has 0 aliphatic carbocycles. The first-order valence-electron chi connectivity index (χ1n) is 6.97. The van der Waals surface area contributed by atoms with Gasteiger partial charge in [-0.05, 0) is 26.2 Å². The second-order valence-electron chi connectivity index (χ2n) is 5.49. The van der Waals surface area contributed by atoms with Crippen molar-refractivity contribution in [2.24, 2.45) is 0 Å². The van der Waals surface area contributed by atoms with Gasteiger partial charge in [0, 0.05) is 13.1 Å². The molecule has 0 bridgehead atoms. The van der Waals surface area contributed by atoms with Crippen LogP contribution in [0.25, 0.3) is 0 Å². The number of likely N-dealkylation sites (N-methyl/N-ethyl adjacent to an activating group) is 1. The van der Waals surface area contributed by atoms with Gasteiger partial charge in [-0.25, -0.2) is 8.42 Å². The molecule has 1 amide bonds. The molecule has 1 aromatic rings. The Hall–Kier alpha value is -1.65. The third-order valence-electron chi connectivity index (χ3n) is 3.09. The average Bonchev–Trinajstić information content (AvgIpc) is 2.41. The van der Waals surface area contributed by atoms with Gasteiger partial charge < -0.3 is 10.2 Å². The monoisotopic (exact) mass is 367 g/mol. The van der Waals surface area contributed by atoms with Gasteiger partial charge in [0.05, 0.1) is 24.1 Å². The summed E-state index contributed by atoms with van der Waals surface area (Å²) in [6.45, 7) is -0.126. The van der Waals surface area contributed by atoms with Gasteiger partial charge in [0.2, 0.25) is 15.9 Å². The Morgan fingerprint density at radius 1 is 1.17 bits per heavy atom. The maximum Gasteiger partial charge on any atom is 0.418 e. The van der Waals surface area contributed by atoms with Gasteiger partial charge in [-0.1, -0.05) is 12.1 Å². The molecule has 0 spiro atoms. The van der Waals surface area contributed by atoms with Crippen LogP contribution in [0.2, 0.25) is 0 Å². The summed E-state index contributed by atoms with van der Waals surface area (Å²) >= 11 is 0. The number of carbonyl (C=O) groups excluding carboxylic acids is 1. The number of para-hydroxylation sites is 1. The maximum atomic E-state index is 12.9. The number of benzene rings is 1. The summed E-state index contributed by atoms with van der Waals surface area (Å²) in [6, 6.07) is 4.52. The predicted molar refractivity (Wildman–Crippen MR) is 85.0 cm³/mol. The number of rotatable bonds is 7. The largest absolute Gasteiger partial charge is 0.418 e. The van der Waals surface area contributed by atoms with Crippen molar-refractivity contribution in [2.45, 2.75) is 6.18 Å². The standard InChI is InChI=1S/C14H20F3N3O3S/c1-19(2)8-9-20(24(3,22)23)10-13(21)18-12-7-5-4-6-11(12)14(15,16)17/h4-7H,8-10H2,1-3H3,(H,18,21). The molecule has 24 heavy (non-hydrogen) atoms. The van der Waals surface area contributed by atoms with Crippen LogP contribution in [0.4, 0.5) is 18.9 Å². The van der Waals surface area contributed by atoms with Gasteiger partial charge in [0.25, 0.3) is 0 Å². The van der Waals surface area contributed by atoms with Crippen molar-refractivity contribution in [3.8, 4) is 0 Å². The first-order valence-corrected chi connectivity index (χ1v) is 8.82. The third kappa shape index (κ3) is 6.46.